The van der Waals surface area contributed by atoms with Crippen LogP contribution >= 0.6 is 0 Å². The molecule has 0 radical (unpaired) electrons. The maximum absolute atomic E-state index is 12.6. The van der Waals surface area contributed by atoms with Crippen LogP contribution < -0.4 is 14.8 Å². The van der Waals surface area contributed by atoms with E-state index in [1.54, 1.807) is 32.7 Å². The third kappa shape index (κ3) is 4.49. The molecule has 0 saturated heterocycles. The van der Waals surface area contributed by atoms with Crippen LogP contribution in [0, 0.1) is 0 Å². The minimum absolute atomic E-state index is 0.0961. The first-order chi connectivity index (χ1) is 13.1. The van der Waals surface area contributed by atoms with Gasteiger partial charge in [-0.3, -0.25) is 4.79 Å². The zero-order valence-electron chi connectivity index (χ0n) is 15.6. The van der Waals surface area contributed by atoms with Crippen LogP contribution in [0.15, 0.2) is 53.4 Å². The quantitative estimate of drug-likeness (QED) is 0.661. The van der Waals surface area contributed by atoms with Gasteiger partial charge in [0.1, 0.15) is 29.1 Å². The minimum Gasteiger partial charge on any atom is -0.497 e. The Bertz CT molecular complexity index is 864. The molecule has 0 aliphatic heterocycles. The lowest BCUT2D eigenvalue weighted by Gasteiger charge is -2.20. The average Bonchev–Trinajstić information content (AvgIpc) is 3.35. The van der Waals surface area contributed by atoms with E-state index in [0.29, 0.717) is 24.3 Å². The van der Waals surface area contributed by atoms with Gasteiger partial charge in [-0.25, -0.2) is 4.98 Å². The molecule has 27 heavy (non-hydrogen) atoms. The highest BCUT2D eigenvalue weighted by atomic mass is 16.5. The van der Waals surface area contributed by atoms with Crippen LogP contribution in [0.1, 0.15) is 29.6 Å². The molecule has 1 N–H and O–H groups in total. The van der Waals surface area contributed by atoms with Gasteiger partial charge in [0, 0.05) is 38.3 Å². The molecule has 0 bridgehead atoms. The molecule has 0 unspecified atom stereocenters. The molecule has 0 saturated carbocycles. The van der Waals surface area contributed by atoms with E-state index in [9.17, 15) is 4.79 Å². The summed E-state index contributed by atoms with van der Waals surface area (Å²) in [6.45, 7) is 0. The third-order valence-corrected chi connectivity index (χ3v) is 4.31. The van der Waals surface area contributed by atoms with Crippen LogP contribution in [-0.2, 0) is 18.3 Å². The Labute approximate surface area is 157 Å². The van der Waals surface area contributed by atoms with E-state index in [2.05, 4.69) is 10.3 Å². The largest absolute Gasteiger partial charge is 0.497 e. The maximum Gasteiger partial charge on any atom is 0.221 e. The fourth-order valence-electron chi connectivity index (χ4n) is 2.87. The van der Waals surface area contributed by atoms with Gasteiger partial charge in [0.05, 0.1) is 20.5 Å². The Morgan fingerprint density at radius 2 is 2.00 bits per heavy atom. The van der Waals surface area contributed by atoms with E-state index >= 15 is 0 Å². The number of hydrogen-bond donors (Lipinski definition) is 1. The summed E-state index contributed by atoms with van der Waals surface area (Å²) in [6, 6.07) is 8.77. The number of carbonyl (C=O) groups is 1. The van der Waals surface area contributed by atoms with E-state index in [1.807, 2.05) is 42.1 Å². The smallest absolute Gasteiger partial charge is 0.221 e. The van der Waals surface area contributed by atoms with E-state index in [-0.39, 0.29) is 5.91 Å². The molecule has 1 aromatic carbocycles. The van der Waals surface area contributed by atoms with Gasteiger partial charge in [-0.1, -0.05) is 0 Å². The van der Waals surface area contributed by atoms with Gasteiger partial charge in [0.25, 0.3) is 0 Å². The molecule has 1 atom stereocenters. The lowest BCUT2D eigenvalue weighted by molar-refractivity contribution is -0.121. The van der Waals surface area contributed by atoms with Gasteiger partial charge in [-0.15, -0.1) is 0 Å². The van der Waals surface area contributed by atoms with Crippen molar-refractivity contribution in [2.45, 2.75) is 18.9 Å². The average molecular weight is 369 g/mol. The van der Waals surface area contributed by atoms with Gasteiger partial charge < -0.3 is 23.8 Å². The van der Waals surface area contributed by atoms with Gasteiger partial charge >= 0.3 is 0 Å². The normalized spacial score (nSPS) is 11.8. The second-order valence-corrected chi connectivity index (χ2v) is 6.12. The molecule has 2 aromatic heterocycles. The number of aryl methyl sites for hydroxylation is 2. The second-order valence-electron chi connectivity index (χ2n) is 6.12. The molecule has 7 nitrogen and oxygen atoms in total. The summed E-state index contributed by atoms with van der Waals surface area (Å²) >= 11 is 0. The van der Waals surface area contributed by atoms with Crippen LogP contribution in [0.3, 0.4) is 0 Å². The summed E-state index contributed by atoms with van der Waals surface area (Å²) < 4.78 is 17.9. The van der Waals surface area contributed by atoms with Crippen molar-refractivity contribution in [1.82, 2.24) is 14.9 Å². The van der Waals surface area contributed by atoms with E-state index in [1.165, 1.54) is 0 Å². The summed E-state index contributed by atoms with van der Waals surface area (Å²) in [5.74, 6) is 2.70. The number of imidazole rings is 1. The number of nitrogens with one attached hydrogen (secondary N) is 1. The van der Waals surface area contributed by atoms with Crippen molar-refractivity contribution in [1.29, 1.82) is 0 Å². The Kier molecular flexibility index (Phi) is 5.80. The molecule has 7 heteroatoms. The lowest BCUT2D eigenvalue weighted by atomic mass is 10.0. The van der Waals surface area contributed by atoms with Crippen LogP contribution in [0.2, 0.25) is 0 Å². The monoisotopic (exact) mass is 369 g/mol. The van der Waals surface area contributed by atoms with E-state index in [4.69, 9.17) is 13.9 Å². The number of amides is 1. The predicted molar refractivity (Wildman–Crippen MR) is 99.8 cm³/mol. The van der Waals surface area contributed by atoms with Gasteiger partial charge in [-0.05, 0) is 29.8 Å². The molecule has 0 fully saturated rings. The third-order valence-electron chi connectivity index (χ3n) is 4.31. The molecular formula is C20H23N3O4. The summed E-state index contributed by atoms with van der Waals surface area (Å²) in [5, 5.41) is 3.07. The predicted octanol–water partition coefficient (Wildman–Crippen LogP) is 2.87. The fraction of sp³-hybridized carbons (Fsp3) is 0.300. The number of aromatic nitrogens is 2. The number of nitrogens with zero attached hydrogens (tertiary/aromatic N) is 2. The minimum atomic E-state index is -0.432. The summed E-state index contributed by atoms with van der Waals surface area (Å²) in [6.07, 6.45) is 6.00. The molecule has 0 aliphatic carbocycles. The Morgan fingerprint density at radius 3 is 2.56 bits per heavy atom. The molecule has 1 amide bonds. The number of rotatable bonds is 8. The van der Waals surface area contributed by atoms with Crippen molar-refractivity contribution in [2.75, 3.05) is 14.2 Å². The highest BCUT2D eigenvalue weighted by molar-refractivity contribution is 5.77. The Hall–Kier alpha value is -3.22. The maximum atomic E-state index is 12.6. The first kappa shape index (κ1) is 18.6. The summed E-state index contributed by atoms with van der Waals surface area (Å²) in [5.41, 5.74) is 0.826. The van der Waals surface area contributed by atoms with Crippen LogP contribution in [0.5, 0.6) is 11.5 Å². The highest BCUT2D eigenvalue weighted by Gasteiger charge is 2.22. The standard InChI is InChI=1S/C20H23N3O4/c1-23-9-8-21-20(23)19(14-11-16(25-2)13-17(12-14)26-3)22-18(24)7-6-15-5-4-10-27-15/h4-5,8-13,19H,6-7H2,1-3H3,(H,22,24)/t19-/m0/s1. The van der Waals surface area contributed by atoms with Crippen molar-refractivity contribution in [2.24, 2.45) is 7.05 Å². The number of carbonyl (C=O) groups excluding carboxylic acids is 1. The topological polar surface area (TPSA) is 78.5 Å². The SMILES string of the molecule is COc1cc(OC)cc([C@H](NC(=O)CCc2ccco2)c2nccn2C)c1. The van der Waals surface area contributed by atoms with Gasteiger partial charge in [0.15, 0.2) is 0 Å². The highest BCUT2D eigenvalue weighted by Crippen LogP contribution is 2.29. The van der Waals surface area contributed by atoms with Crippen LogP contribution in [-0.4, -0.2) is 29.7 Å². The van der Waals surface area contributed by atoms with E-state index < -0.39 is 6.04 Å². The van der Waals surface area contributed by atoms with Crippen LogP contribution in [0.25, 0.3) is 0 Å². The molecule has 3 aromatic rings. The van der Waals surface area contributed by atoms with Gasteiger partial charge in [0.2, 0.25) is 5.91 Å². The molecule has 0 aliphatic rings. The van der Waals surface area contributed by atoms with Crippen LogP contribution in [0.4, 0.5) is 0 Å². The van der Waals surface area contributed by atoms with Crippen molar-refractivity contribution < 1.29 is 18.7 Å². The van der Waals surface area contributed by atoms with Gasteiger partial charge in [-0.2, -0.15) is 0 Å². The number of benzene rings is 1. The number of ether oxygens (including phenoxy) is 2. The zero-order chi connectivity index (χ0) is 19.2. The first-order valence-electron chi connectivity index (χ1n) is 8.62. The number of methoxy groups -OCH3 is 2. The summed E-state index contributed by atoms with van der Waals surface area (Å²) in [7, 11) is 5.08. The van der Waals surface area contributed by atoms with Crippen molar-refractivity contribution in [3.8, 4) is 11.5 Å². The second kappa shape index (κ2) is 8.44. The Balaban J connectivity index is 1.86. The van der Waals surface area contributed by atoms with Crippen molar-refractivity contribution in [3.63, 3.8) is 0 Å². The molecular weight excluding hydrogens is 346 g/mol. The van der Waals surface area contributed by atoms with E-state index in [0.717, 1.165) is 17.1 Å². The Morgan fingerprint density at radius 1 is 1.26 bits per heavy atom. The molecule has 142 valence electrons. The molecule has 2 heterocycles. The number of furan rings is 1. The fourth-order valence-corrected chi connectivity index (χ4v) is 2.87. The summed E-state index contributed by atoms with van der Waals surface area (Å²) in [4.78, 5) is 17.0. The molecule has 3 rings (SSSR count). The lowest BCUT2D eigenvalue weighted by Crippen LogP contribution is -2.31. The first-order valence-corrected chi connectivity index (χ1v) is 8.62. The molecule has 0 spiro atoms. The van der Waals surface area contributed by atoms with Crippen molar-refractivity contribution >= 4 is 5.91 Å². The van der Waals surface area contributed by atoms with Crippen molar-refractivity contribution in [3.05, 3.63) is 66.1 Å². The zero-order valence-corrected chi connectivity index (χ0v) is 15.6. The number of hydrogen-bond acceptors (Lipinski definition) is 5.